The van der Waals surface area contributed by atoms with Gasteiger partial charge >= 0.3 is 0 Å². The number of benzene rings is 2. The number of hydrogen-bond donors (Lipinski definition) is 2. The van der Waals surface area contributed by atoms with Gasteiger partial charge in [0.2, 0.25) is 0 Å². The molecule has 5 heteroatoms. The molecular weight excluding hydrogens is 284 g/mol. The molecule has 0 aromatic heterocycles. The molecule has 0 radical (unpaired) electrons. The molecule has 1 amide bonds. The minimum atomic E-state index is -0.312. The number of amides is 1. The van der Waals surface area contributed by atoms with Crippen LogP contribution in [0.1, 0.15) is 30.1 Å². The van der Waals surface area contributed by atoms with Crippen LogP contribution in [0, 0.1) is 0 Å². The highest BCUT2D eigenvalue weighted by Gasteiger charge is 2.16. The largest absolute Gasteiger partial charge is 0.506 e. The van der Waals surface area contributed by atoms with E-state index in [1.54, 1.807) is 12.1 Å². The lowest BCUT2D eigenvalue weighted by atomic mass is 10.0. The van der Waals surface area contributed by atoms with Gasteiger partial charge in [-0.05, 0) is 24.7 Å². The fourth-order valence-corrected chi connectivity index (χ4v) is 2.23. The van der Waals surface area contributed by atoms with Gasteiger partial charge in [0.25, 0.3) is 5.91 Å². The van der Waals surface area contributed by atoms with E-state index in [0.29, 0.717) is 17.6 Å². The third kappa shape index (κ3) is 3.27. The van der Waals surface area contributed by atoms with Crippen molar-refractivity contribution in [3.05, 3.63) is 35.9 Å². The van der Waals surface area contributed by atoms with Gasteiger partial charge in [-0.25, -0.2) is 0 Å². The topological polar surface area (TPSA) is 61.7 Å². The second-order valence-corrected chi connectivity index (χ2v) is 4.83. The number of nitrogens with zero attached hydrogens (tertiary/aromatic N) is 1. The molecule has 0 aliphatic carbocycles. The van der Waals surface area contributed by atoms with Crippen molar-refractivity contribution in [3.8, 4) is 5.75 Å². The number of unbranched alkanes of at least 4 members (excludes halogenated alkanes) is 1. The maximum absolute atomic E-state index is 12.2. The number of nitrogens with one attached hydrogen (secondary N) is 1. The van der Waals surface area contributed by atoms with Crippen LogP contribution < -0.4 is 5.32 Å². The Morgan fingerprint density at radius 2 is 2.10 bits per heavy atom. The first-order chi connectivity index (χ1) is 10.2. The normalized spacial score (nSPS) is 10.1. The van der Waals surface area contributed by atoms with Crippen LogP contribution in [0.4, 0.5) is 5.69 Å². The van der Waals surface area contributed by atoms with Crippen LogP contribution in [0.25, 0.3) is 10.8 Å². The van der Waals surface area contributed by atoms with Gasteiger partial charge in [0.05, 0.1) is 16.4 Å². The second-order valence-electron chi connectivity index (χ2n) is 4.65. The highest BCUT2D eigenvalue weighted by molar-refractivity contribution is 7.78. The summed E-state index contributed by atoms with van der Waals surface area (Å²) in [5.41, 5.74) is 0.729. The van der Waals surface area contributed by atoms with Gasteiger partial charge in [-0.3, -0.25) is 4.79 Å². The van der Waals surface area contributed by atoms with Crippen molar-refractivity contribution in [2.75, 3.05) is 6.54 Å². The van der Waals surface area contributed by atoms with Crippen LogP contribution in [0.2, 0.25) is 0 Å². The van der Waals surface area contributed by atoms with Crippen molar-refractivity contribution in [2.24, 2.45) is 4.99 Å². The molecule has 21 heavy (non-hydrogen) atoms. The van der Waals surface area contributed by atoms with Crippen LogP contribution in [-0.2, 0) is 0 Å². The SMILES string of the molecule is CCCCNC(=O)c1cc(N=C=S)c2ccccc2c1O. The van der Waals surface area contributed by atoms with Gasteiger partial charge < -0.3 is 10.4 Å². The number of thiocarbonyl (C=S) groups is 1. The van der Waals surface area contributed by atoms with Crippen LogP contribution in [0.5, 0.6) is 5.75 Å². The molecule has 0 unspecified atom stereocenters. The molecule has 0 heterocycles. The third-order valence-corrected chi connectivity index (χ3v) is 3.31. The maximum Gasteiger partial charge on any atom is 0.255 e. The zero-order valence-electron chi connectivity index (χ0n) is 11.7. The minimum absolute atomic E-state index is 0.0390. The van der Waals surface area contributed by atoms with Crippen molar-refractivity contribution in [1.29, 1.82) is 0 Å². The van der Waals surface area contributed by atoms with Gasteiger partial charge in [0.15, 0.2) is 0 Å². The van der Waals surface area contributed by atoms with Crippen molar-refractivity contribution in [3.63, 3.8) is 0 Å². The second kappa shape index (κ2) is 6.97. The molecule has 0 bridgehead atoms. The fourth-order valence-electron chi connectivity index (χ4n) is 2.13. The van der Waals surface area contributed by atoms with Gasteiger partial charge in [-0.1, -0.05) is 37.6 Å². The smallest absolute Gasteiger partial charge is 0.255 e. The summed E-state index contributed by atoms with van der Waals surface area (Å²) >= 11 is 4.64. The van der Waals surface area contributed by atoms with Gasteiger partial charge in [-0.2, -0.15) is 4.99 Å². The molecule has 0 atom stereocenters. The summed E-state index contributed by atoms with van der Waals surface area (Å²) in [5, 5.41) is 16.7. The van der Waals surface area contributed by atoms with Crippen LogP contribution >= 0.6 is 12.2 Å². The van der Waals surface area contributed by atoms with Crippen LogP contribution in [0.15, 0.2) is 35.3 Å². The maximum atomic E-state index is 12.2. The number of phenolic OH excluding ortho intramolecular Hbond substituents is 1. The molecule has 108 valence electrons. The molecule has 2 aromatic carbocycles. The van der Waals surface area contributed by atoms with E-state index in [1.807, 2.05) is 19.1 Å². The molecule has 2 aromatic rings. The zero-order chi connectivity index (χ0) is 15.2. The third-order valence-electron chi connectivity index (χ3n) is 3.22. The number of rotatable bonds is 5. The summed E-state index contributed by atoms with van der Waals surface area (Å²) in [4.78, 5) is 16.2. The van der Waals surface area contributed by atoms with E-state index in [9.17, 15) is 9.90 Å². The highest BCUT2D eigenvalue weighted by Crippen LogP contribution is 2.35. The molecule has 2 N–H and O–H groups in total. The Morgan fingerprint density at radius 3 is 2.76 bits per heavy atom. The van der Waals surface area contributed by atoms with Crippen LogP contribution in [0.3, 0.4) is 0 Å². The molecule has 0 saturated carbocycles. The predicted octanol–water partition coefficient (Wildman–Crippen LogP) is 3.81. The minimum Gasteiger partial charge on any atom is -0.506 e. The van der Waals surface area contributed by atoms with Crippen LogP contribution in [-0.4, -0.2) is 22.7 Å². The van der Waals surface area contributed by atoms with E-state index in [1.165, 1.54) is 6.07 Å². The lowest BCUT2D eigenvalue weighted by Crippen LogP contribution is -2.24. The Hall–Kier alpha value is -2.23. The van der Waals surface area contributed by atoms with E-state index in [2.05, 4.69) is 27.7 Å². The molecule has 4 nitrogen and oxygen atoms in total. The molecule has 0 aliphatic heterocycles. The molecular formula is C16H16N2O2S. The average molecular weight is 300 g/mol. The van der Waals surface area contributed by atoms with Gasteiger partial charge in [-0.15, -0.1) is 0 Å². The Balaban J connectivity index is 2.51. The standard InChI is InChI=1S/C16H16N2O2S/c1-2-3-8-17-16(20)13-9-14(18-10-21)11-6-4-5-7-12(11)15(13)19/h4-7,9,19H,2-3,8H2,1H3,(H,17,20). The van der Waals surface area contributed by atoms with E-state index >= 15 is 0 Å². The summed E-state index contributed by atoms with van der Waals surface area (Å²) in [6.45, 7) is 2.62. The summed E-state index contributed by atoms with van der Waals surface area (Å²) in [5.74, 6) is -0.351. The molecule has 0 saturated heterocycles. The van der Waals surface area contributed by atoms with Crippen molar-refractivity contribution in [2.45, 2.75) is 19.8 Å². The number of hydrogen-bond acceptors (Lipinski definition) is 4. The molecule has 2 rings (SSSR count). The van der Waals surface area contributed by atoms with E-state index in [-0.39, 0.29) is 17.2 Å². The Kier molecular flexibility index (Phi) is 5.04. The lowest BCUT2D eigenvalue weighted by Gasteiger charge is -2.10. The first kappa shape index (κ1) is 15.2. The first-order valence-corrected chi connectivity index (χ1v) is 7.20. The Labute approximate surface area is 128 Å². The summed E-state index contributed by atoms with van der Waals surface area (Å²) < 4.78 is 0. The number of carbonyl (C=O) groups is 1. The quantitative estimate of drug-likeness (QED) is 0.501. The summed E-state index contributed by atoms with van der Waals surface area (Å²) in [7, 11) is 0. The van der Waals surface area contributed by atoms with Gasteiger partial charge in [0, 0.05) is 17.3 Å². The Morgan fingerprint density at radius 1 is 1.38 bits per heavy atom. The molecule has 0 aliphatic rings. The zero-order valence-corrected chi connectivity index (χ0v) is 12.5. The van der Waals surface area contributed by atoms with E-state index in [4.69, 9.17) is 0 Å². The van der Waals surface area contributed by atoms with Crippen molar-refractivity contribution < 1.29 is 9.90 Å². The highest BCUT2D eigenvalue weighted by atomic mass is 32.1. The predicted molar refractivity (Wildman–Crippen MR) is 87.5 cm³/mol. The summed E-state index contributed by atoms with van der Waals surface area (Å²) in [6, 6.07) is 8.74. The Bertz CT molecular complexity index is 722. The number of aromatic hydroxyl groups is 1. The van der Waals surface area contributed by atoms with E-state index in [0.717, 1.165) is 18.2 Å². The van der Waals surface area contributed by atoms with Crippen molar-refractivity contribution in [1.82, 2.24) is 5.32 Å². The number of phenols is 1. The number of isothiocyanates is 1. The average Bonchev–Trinajstić information content (AvgIpc) is 2.50. The number of aliphatic imine (C=N–C) groups is 1. The first-order valence-electron chi connectivity index (χ1n) is 6.79. The number of carbonyl (C=O) groups excluding carboxylic acids is 1. The monoisotopic (exact) mass is 300 g/mol. The fraction of sp³-hybridized carbons (Fsp3) is 0.250. The summed E-state index contributed by atoms with van der Waals surface area (Å²) in [6.07, 6.45) is 1.88. The molecule has 0 fully saturated rings. The molecule has 0 spiro atoms. The van der Waals surface area contributed by atoms with Gasteiger partial charge in [0.1, 0.15) is 5.75 Å². The number of fused-ring (bicyclic) bond motifs is 1. The van der Waals surface area contributed by atoms with E-state index < -0.39 is 0 Å². The lowest BCUT2D eigenvalue weighted by molar-refractivity contribution is 0.0951. The van der Waals surface area contributed by atoms with Crippen molar-refractivity contribution >= 4 is 39.7 Å².